The lowest BCUT2D eigenvalue weighted by molar-refractivity contribution is 0.110. The lowest BCUT2D eigenvalue weighted by Crippen LogP contribution is -2.00. The number of alkyl halides is 2. The van der Waals surface area contributed by atoms with E-state index in [4.69, 9.17) is 11.6 Å². The van der Waals surface area contributed by atoms with Gasteiger partial charge in [-0.05, 0) is 22.6 Å². The average Bonchev–Trinajstić information content (AvgIpc) is 2.07. The second-order valence-electron chi connectivity index (χ2n) is 2.14. The van der Waals surface area contributed by atoms with Gasteiger partial charge in [-0.3, -0.25) is 4.79 Å². The summed E-state index contributed by atoms with van der Waals surface area (Å²) in [6.07, 6.45) is -1.32. The lowest BCUT2D eigenvalue weighted by atomic mass is 10.1. The fraction of sp³-hybridized carbons (Fsp3) is 0.143. The van der Waals surface area contributed by atoms with Crippen LogP contribution in [0.1, 0.15) is 22.3 Å². The molecule has 0 bridgehead atoms. The molecule has 0 aliphatic rings. The minimum atomic E-state index is -2.76. The Balaban J connectivity index is 3.43. The van der Waals surface area contributed by atoms with Crippen LogP contribution in [0.5, 0.6) is 0 Å². The topological polar surface area (TPSA) is 30.0 Å². The Labute approximate surface area is 91.4 Å². The number of hydrogen-bond acceptors (Lipinski definition) is 2. The molecular weight excluding hydrogens is 314 g/mol. The zero-order valence-electron chi connectivity index (χ0n) is 6.10. The van der Waals surface area contributed by atoms with E-state index < -0.39 is 12.0 Å². The van der Waals surface area contributed by atoms with Crippen molar-refractivity contribution in [3.8, 4) is 0 Å². The molecule has 0 amide bonds. The first-order chi connectivity index (χ1) is 6.07. The van der Waals surface area contributed by atoms with Crippen LogP contribution in [0, 0.1) is 3.70 Å². The number of rotatable bonds is 2. The van der Waals surface area contributed by atoms with Crippen molar-refractivity contribution < 1.29 is 13.6 Å². The molecule has 0 saturated carbocycles. The minimum absolute atomic E-state index is 0.136. The van der Waals surface area contributed by atoms with E-state index in [1.54, 1.807) is 22.6 Å². The largest absolute Gasteiger partial charge is 0.298 e. The monoisotopic (exact) mass is 317 g/mol. The van der Waals surface area contributed by atoms with Gasteiger partial charge < -0.3 is 0 Å². The number of halogens is 4. The molecule has 70 valence electrons. The fourth-order valence-corrected chi connectivity index (χ4v) is 1.62. The molecule has 0 fully saturated rings. The summed E-state index contributed by atoms with van der Waals surface area (Å²) in [4.78, 5) is 14.2. The quantitative estimate of drug-likeness (QED) is 0.477. The number of nitrogens with zero attached hydrogens (tertiary/aromatic N) is 1. The number of aromatic nitrogens is 1. The van der Waals surface area contributed by atoms with E-state index in [9.17, 15) is 13.6 Å². The summed E-state index contributed by atoms with van der Waals surface area (Å²) >= 11 is 7.17. The maximum Gasteiger partial charge on any atom is 0.266 e. The summed E-state index contributed by atoms with van der Waals surface area (Å²) in [5.41, 5.74) is -0.584. The summed E-state index contributed by atoms with van der Waals surface area (Å²) in [5.74, 6) is 0. The zero-order chi connectivity index (χ0) is 10.0. The van der Waals surface area contributed by atoms with Crippen molar-refractivity contribution in [1.29, 1.82) is 0 Å². The molecule has 1 aromatic rings. The van der Waals surface area contributed by atoms with Gasteiger partial charge >= 0.3 is 0 Å². The van der Waals surface area contributed by atoms with Crippen molar-refractivity contribution in [3.63, 3.8) is 0 Å². The second-order valence-corrected chi connectivity index (χ2v) is 3.57. The molecule has 1 rings (SSSR count). The average molecular weight is 317 g/mol. The first-order valence-electron chi connectivity index (χ1n) is 3.15. The Morgan fingerprint density at radius 3 is 2.62 bits per heavy atom. The SMILES string of the molecule is O=Cc1c(I)ncc(Cl)c1C(F)F. The Bertz CT molecular complexity index is 346. The van der Waals surface area contributed by atoms with E-state index in [1.165, 1.54) is 0 Å². The van der Waals surface area contributed by atoms with Crippen molar-refractivity contribution >= 4 is 40.5 Å². The molecule has 0 unspecified atom stereocenters. The Hall–Kier alpha value is -0.300. The third-order valence-electron chi connectivity index (χ3n) is 1.40. The van der Waals surface area contributed by atoms with Gasteiger partial charge in [0.25, 0.3) is 6.43 Å². The molecule has 6 heteroatoms. The number of pyridine rings is 1. The first kappa shape index (κ1) is 10.8. The smallest absolute Gasteiger partial charge is 0.266 e. The van der Waals surface area contributed by atoms with E-state index >= 15 is 0 Å². The lowest BCUT2D eigenvalue weighted by Gasteiger charge is -2.06. The minimum Gasteiger partial charge on any atom is -0.298 e. The van der Waals surface area contributed by atoms with Crippen molar-refractivity contribution in [3.05, 3.63) is 26.0 Å². The van der Waals surface area contributed by atoms with Crippen LogP contribution < -0.4 is 0 Å². The predicted molar refractivity (Wildman–Crippen MR) is 52.3 cm³/mol. The van der Waals surface area contributed by atoms with E-state index in [0.29, 0.717) is 6.29 Å². The number of carbonyl (C=O) groups excluding carboxylic acids is 1. The van der Waals surface area contributed by atoms with Crippen LogP contribution >= 0.6 is 34.2 Å². The molecule has 0 aromatic carbocycles. The van der Waals surface area contributed by atoms with Crippen LogP contribution in [-0.4, -0.2) is 11.3 Å². The van der Waals surface area contributed by atoms with Gasteiger partial charge in [-0.2, -0.15) is 0 Å². The fourth-order valence-electron chi connectivity index (χ4n) is 0.826. The summed E-state index contributed by atoms with van der Waals surface area (Å²) < 4.78 is 25.0. The van der Waals surface area contributed by atoms with Gasteiger partial charge in [-0.15, -0.1) is 0 Å². The highest BCUT2D eigenvalue weighted by atomic mass is 127. The first-order valence-corrected chi connectivity index (χ1v) is 4.60. The van der Waals surface area contributed by atoms with Gasteiger partial charge in [0.1, 0.15) is 3.70 Å². The number of aldehydes is 1. The molecule has 0 N–H and O–H groups in total. The van der Waals surface area contributed by atoms with Crippen molar-refractivity contribution in [2.75, 3.05) is 0 Å². The van der Waals surface area contributed by atoms with Gasteiger partial charge in [-0.25, -0.2) is 13.8 Å². The summed E-state index contributed by atoms with van der Waals surface area (Å²) in [6, 6.07) is 0. The molecule has 0 radical (unpaired) electrons. The second kappa shape index (κ2) is 4.28. The molecule has 0 aliphatic carbocycles. The maximum atomic E-state index is 12.4. The van der Waals surface area contributed by atoms with E-state index in [1.807, 2.05) is 0 Å². The number of carbonyl (C=O) groups is 1. The third-order valence-corrected chi connectivity index (χ3v) is 2.56. The molecule has 0 saturated heterocycles. The van der Waals surface area contributed by atoms with Gasteiger partial charge in [-0.1, -0.05) is 11.6 Å². The normalized spacial score (nSPS) is 10.5. The Kier molecular flexibility index (Phi) is 3.55. The van der Waals surface area contributed by atoms with Gasteiger partial charge in [0, 0.05) is 6.20 Å². The van der Waals surface area contributed by atoms with Crippen LogP contribution in [0.4, 0.5) is 8.78 Å². The predicted octanol–water partition coefficient (Wildman–Crippen LogP) is 3.09. The van der Waals surface area contributed by atoms with Gasteiger partial charge in [0.05, 0.1) is 16.1 Å². The van der Waals surface area contributed by atoms with Gasteiger partial charge in [0.2, 0.25) is 0 Å². The van der Waals surface area contributed by atoms with Crippen LogP contribution in [-0.2, 0) is 0 Å². The van der Waals surface area contributed by atoms with Crippen molar-refractivity contribution in [2.45, 2.75) is 6.43 Å². The van der Waals surface area contributed by atoms with Crippen LogP contribution in [0.2, 0.25) is 5.02 Å². The molecule has 0 spiro atoms. The highest BCUT2D eigenvalue weighted by Gasteiger charge is 2.19. The van der Waals surface area contributed by atoms with Crippen LogP contribution in [0.25, 0.3) is 0 Å². The van der Waals surface area contributed by atoms with Crippen molar-refractivity contribution in [2.24, 2.45) is 0 Å². The molecule has 1 aromatic heterocycles. The zero-order valence-corrected chi connectivity index (χ0v) is 9.01. The van der Waals surface area contributed by atoms with Gasteiger partial charge in [0.15, 0.2) is 6.29 Å². The summed E-state index contributed by atoms with van der Waals surface area (Å²) in [6.45, 7) is 0. The molecule has 13 heavy (non-hydrogen) atoms. The summed E-state index contributed by atoms with van der Waals surface area (Å²) in [7, 11) is 0. The summed E-state index contributed by atoms with van der Waals surface area (Å²) in [5, 5.41) is -0.183. The molecule has 2 nitrogen and oxygen atoms in total. The Morgan fingerprint density at radius 2 is 2.23 bits per heavy atom. The molecule has 1 heterocycles. The molecule has 0 aliphatic heterocycles. The highest BCUT2D eigenvalue weighted by molar-refractivity contribution is 14.1. The van der Waals surface area contributed by atoms with Crippen LogP contribution in [0.3, 0.4) is 0 Å². The number of hydrogen-bond donors (Lipinski definition) is 0. The standard InChI is InChI=1S/C7H3ClF2INO/c8-4-1-12-7(11)3(2-13)5(4)6(9)10/h1-2,6H. The van der Waals surface area contributed by atoms with Crippen LogP contribution in [0.15, 0.2) is 6.20 Å². The molecule has 0 atom stereocenters. The van der Waals surface area contributed by atoms with E-state index in [-0.39, 0.29) is 14.3 Å². The molecular formula is C7H3ClF2INO. The Morgan fingerprint density at radius 1 is 1.62 bits per heavy atom. The van der Waals surface area contributed by atoms with E-state index in [0.717, 1.165) is 6.20 Å². The van der Waals surface area contributed by atoms with E-state index in [2.05, 4.69) is 4.98 Å². The third kappa shape index (κ3) is 2.14. The van der Waals surface area contributed by atoms with Crippen molar-refractivity contribution in [1.82, 2.24) is 4.98 Å². The maximum absolute atomic E-state index is 12.4. The highest BCUT2D eigenvalue weighted by Crippen LogP contribution is 2.30.